The lowest BCUT2D eigenvalue weighted by Gasteiger charge is -2.30. The largest absolute Gasteiger partial charge is 0.481 e. The van der Waals surface area contributed by atoms with E-state index in [1.165, 1.54) is 103 Å². The zero-order valence-electron chi connectivity index (χ0n) is 23.6. The summed E-state index contributed by atoms with van der Waals surface area (Å²) in [4.78, 5) is 23.3. The van der Waals surface area contributed by atoms with Crippen molar-refractivity contribution < 1.29 is 19.8 Å². The summed E-state index contributed by atoms with van der Waals surface area (Å²) < 4.78 is 0. The first-order chi connectivity index (χ1) is 17.0. The van der Waals surface area contributed by atoms with Crippen molar-refractivity contribution in [3.63, 3.8) is 0 Å². The van der Waals surface area contributed by atoms with Gasteiger partial charge in [-0.2, -0.15) is 0 Å². The van der Waals surface area contributed by atoms with Gasteiger partial charge in [0, 0.05) is 6.42 Å². The highest BCUT2D eigenvalue weighted by atomic mass is 16.4. The molecular formula is C31H60O4. The fourth-order valence-corrected chi connectivity index (χ4v) is 5.34. The first kappa shape index (κ1) is 33.9. The third-order valence-corrected chi connectivity index (χ3v) is 7.77. The van der Waals surface area contributed by atoms with Crippen molar-refractivity contribution in [3.8, 4) is 0 Å². The Kier molecular flexibility index (Phi) is 23.9. The normalized spacial score (nSPS) is 11.7. The van der Waals surface area contributed by atoms with Gasteiger partial charge in [-0.15, -0.1) is 0 Å². The van der Waals surface area contributed by atoms with E-state index in [2.05, 4.69) is 13.8 Å². The zero-order valence-corrected chi connectivity index (χ0v) is 23.6. The fraction of sp³-hybridized carbons (Fsp3) is 0.935. The molecule has 0 amide bonds. The summed E-state index contributed by atoms with van der Waals surface area (Å²) in [5, 5.41) is 19.1. The SMILES string of the molecule is CCCCCCCCCCCCC(CCCCCCCCCCCC)(CCCCC(=O)O)C(=O)O. The van der Waals surface area contributed by atoms with Crippen molar-refractivity contribution in [2.75, 3.05) is 0 Å². The molecule has 0 heterocycles. The summed E-state index contributed by atoms with van der Waals surface area (Å²) in [6, 6.07) is 0. The molecule has 4 heteroatoms. The van der Waals surface area contributed by atoms with Crippen LogP contribution in [0.4, 0.5) is 0 Å². The lowest BCUT2D eigenvalue weighted by Crippen LogP contribution is -2.31. The lowest BCUT2D eigenvalue weighted by atomic mass is 9.74. The third-order valence-electron chi connectivity index (χ3n) is 7.77. The average molecular weight is 497 g/mol. The van der Waals surface area contributed by atoms with E-state index < -0.39 is 17.4 Å². The standard InChI is InChI=1S/C31H60O4/c1-3-5-7-9-11-13-15-17-19-22-26-31(30(34)35,28-24-21-25-29(32)33)27-23-20-18-16-14-12-10-8-6-4-2/h3-28H2,1-2H3,(H,32,33)(H,34,35). The summed E-state index contributed by atoms with van der Waals surface area (Å²) >= 11 is 0. The van der Waals surface area contributed by atoms with E-state index in [0.29, 0.717) is 19.3 Å². The summed E-state index contributed by atoms with van der Waals surface area (Å²) in [6.45, 7) is 4.50. The van der Waals surface area contributed by atoms with Gasteiger partial charge < -0.3 is 10.2 Å². The number of unbranched alkanes of at least 4 members (excludes halogenated alkanes) is 19. The highest BCUT2D eigenvalue weighted by Crippen LogP contribution is 2.38. The van der Waals surface area contributed by atoms with Gasteiger partial charge >= 0.3 is 11.9 Å². The van der Waals surface area contributed by atoms with E-state index in [-0.39, 0.29) is 6.42 Å². The maximum Gasteiger partial charge on any atom is 0.309 e. The van der Waals surface area contributed by atoms with Crippen LogP contribution in [0, 0.1) is 5.41 Å². The number of carbonyl (C=O) groups is 2. The Labute approximate surface area is 218 Å². The molecular weight excluding hydrogens is 436 g/mol. The van der Waals surface area contributed by atoms with Gasteiger partial charge in [-0.25, -0.2) is 0 Å². The molecule has 35 heavy (non-hydrogen) atoms. The highest BCUT2D eigenvalue weighted by molar-refractivity contribution is 5.74. The minimum Gasteiger partial charge on any atom is -0.481 e. The van der Waals surface area contributed by atoms with Crippen LogP contribution in [-0.2, 0) is 9.59 Å². The van der Waals surface area contributed by atoms with Crippen molar-refractivity contribution in [2.45, 2.75) is 181 Å². The zero-order chi connectivity index (χ0) is 26.0. The van der Waals surface area contributed by atoms with Crippen molar-refractivity contribution in [1.82, 2.24) is 0 Å². The van der Waals surface area contributed by atoms with Gasteiger partial charge in [0.25, 0.3) is 0 Å². The van der Waals surface area contributed by atoms with E-state index in [9.17, 15) is 14.7 Å². The van der Waals surface area contributed by atoms with Gasteiger partial charge in [0.15, 0.2) is 0 Å². The second-order valence-electron chi connectivity index (χ2n) is 11.1. The molecule has 208 valence electrons. The van der Waals surface area contributed by atoms with Crippen molar-refractivity contribution in [1.29, 1.82) is 0 Å². The van der Waals surface area contributed by atoms with Crippen molar-refractivity contribution in [2.24, 2.45) is 5.41 Å². The van der Waals surface area contributed by atoms with E-state index in [1.54, 1.807) is 0 Å². The molecule has 4 nitrogen and oxygen atoms in total. The molecule has 0 unspecified atom stereocenters. The van der Waals surface area contributed by atoms with Crippen LogP contribution in [-0.4, -0.2) is 22.2 Å². The number of carboxylic acid groups (broad SMARTS) is 2. The summed E-state index contributed by atoms with van der Waals surface area (Å²) in [7, 11) is 0. The monoisotopic (exact) mass is 496 g/mol. The Balaban J connectivity index is 4.34. The number of rotatable bonds is 28. The van der Waals surface area contributed by atoms with Gasteiger partial charge in [0.2, 0.25) is 0 Å². The van der Waals surface area contributed by atoms with Gasteiger partial charge in [-0.3, -0.25) is 9.59 Å². The molecule has 0 aliphatic heterocycles. The molecule has 0 aliphatic rings. The summed E-state index contributed by atoms with van der Waals surface area (Å²) in [5.74, 6) is -1.44. The molecule has 0 rings (SSSR count). The van der Waals surface area contributed by atoms with Crippen LogP contribution in [0.5, 0.6) is 0 Å². The molecule has 0 aliphatic carbocycles. The Morgan fingerprint density at radius 2 is 0.743 bits per heavy atom. The molecule has 0 aromatic carbocycles. The second kappa shape index (κ2) is 24.6. The molecule has 2 N–H and O–H groups in total. The van der Waals surface area contributed by atoms with Gasteiger partial charge in [-0.05, 0) is 25.7 Å². The molecule has 0 spiro atoms. The predicted molar refractivity (Wildman–Crippen MR) is 149 cm³/mol. The minimum atomic E-state index is -0.782. The first-order valence-electron chi connectivity index (χ1n) is 15.4. The molecule has 0 aromatic rings. The quantitative estimate of drug-likeness (QED) is 0.106. The van der Waals surface area contributed by atoms with Crippen molar-refractivity contribution >= 4 is 11.9 Å². The fourth-order valence-electron chi connectivity index (χ4n) is 5.34. The molecule has 0 bridgehead atoms. The van der Waals surface area contributed by atoms with E-state index in [4.69, 9.17) is 5.11 Å². The van der Waals surface area contributed by atoms with E-state index in [0.717, 1.165) is 38.5 Å². The molecule has 0 aromatic heterocycles. The Morgan fingerprint density at radius 3 is 1.03 bits per heavy atom. The molecule has 0 saturated carbocycles. The number of aliphatic carboxylic acids is 2. The van der Waals surface area contributed by atoms with Crippen LogP contribution < -0.4 is 0 Å². The molecule has 0 radical (unpaired) electrons. The predicted octanol–water partition coefficient (Wildman–Crippen LogP) is 10.3. The number of hydrogen-bond acceptors (Lipinski definition) is 2. The topological polar surface area (TPSA) is 74.6 Å². The van der Waals surface area contributed by atoms with Crippen LogP contribution in [0.25, 0.3) is 0 Å². The molecule has 0 fully saturated rings. The minimum absolute atomic E-state index is 0.145. The number of carboxylic acids is 2. The first-order valence-corrected chi connectivity index (χ1v) is 15.4. The Morgan fingerprint density at radius 1 is 0.457 bits per heavy atom. The number of hydrogen-bond donors (Lipinski definition) is 2. The smallest absolute Gasteiger partial charge is 0.309 e. The Bertz CT molecular complexity index is 464. The Hall–Kier alpha value is -1.06. The van der Waals surface area contributed by atoms with Crippen LogP contribution in [0.2, 0.25) is 0 Å². The van der Waals surface area contributed by atoms with E-state index >= 15 is 0 Å². The van der Waals surface area contributed by atoms with Gasteiger partial charge in [0.1, 0.15) is 0 Å². The van der Waals surface area contributed by atoms with Crippen LogP contribution >= 0.6 is 0 Å². The second-order valence-corrected chi connectivity index (χ2v) is 11.1. The molecule has 0 atom stereocenters. The lowest BCUT2D eigenvalue weighted by molar-refractivity contribution is -0.150. The summed E-state index contributed by atoms with van der Waals surface area (Å²) in [6.07, 6.45) is 28.7. The third kappa shape index (κ3) is 20.8. The van der Waals surface area contributed by atoms with Gasteiger partial charge in [-0.1, -0.05) is 149 Å². The van der Waals surface area contributed by atoms with Gasteiger partial charge in [0.05, 0.1) is 5.41 Å². The maximum absolute atomic E-state index is 12.4. The summed E-state index contributed by atoms with van der Waals surface area (Å²) in [5.41, 5.74) is -0.654. The molecule has 0 saturated heterocycles. The van der Waals surface area contributed by atoms with Crippen LogP contribution in [0.1, 0.15) is 181 Å². The van der Waals surface area contributed by atoms with Crippen LogP contribution in [0.15, 0.2) is 0 Å². The highest BCUT2D eigenvalue weighted by Gasteiger charge is 2.36. The van der Waals surface area contributed by atoms with E-state index in [1.807, 2.05) is 0 Å². The van der Waals surface area contributed by atoms with Crippen molar-refractivity contribution in [3.05, 3.63) is 0 Å². The maximum atomic E-state index is 12.4. The van der Waals surface area contributed by atoms with Crippen LogP contribution in [0.3, 0.4) is 0 Å². The average Bonchev–Trinajstić information content (AvgIpc) is 2.83.